The topological polar surface area (TPSA) is 61.4 Å². The average Bonchev–Trinajstić information content (AvgIpc) is 3.32. The normalized spacial score (nSPS) is 17.3. The van der Waals surface area contributed by atoms with Gasteiger partial charge in [-0.25, -0.2) is 0 Å². The van der Waals surface area contributed by atoms with Gasteiger partial charge in [-0.1, -0.05) is 17.7 Å². The molecule has 2 fully saturated rings. The van der Waals surface area contributed by atoms with E-state index in [9.17, 15) is 9.59 Å². The number of nitrogens with zero attached hydrogens (tertiary/aromatic N) is 1. The average molecular weight is 377 g/mol. The second-order valence-corrected chi connectivity index (χ2v) is 8.05. The van der Waals surface area contributed by atoms with Crippen molar-refractivity contribution in [1.29, 1.82) is 0 Å². The number of hydrogen-bond acceptors (Lipinski definition) is 3. The van der Waals surface area contributed by atoms with Crippen molar-refractivity contribution < 1.29 is 9.59 Å². The van der Waals surface area contributed by atoms with Gasteiger partial charge >= 0.3 is 0 Å². The van der Waals surface area contributed by atoms with Crippen LogP contribution in [0, 0.1) is 19.3 Å². The second kappa shape index (κ2) is 7.30. The monoisotopic (exact) mass is 377 g/mol. The van der Waals surface area contributed by atoms with Crippen molar-refractivity contribution >= 4 is 28.9 Å². The highest BCUT2D eigenvalue weighted by Crippen LogP contribution is 2.47. The number of carbonyl (C=O) groups excluding carboxylic acids is 2. The summed E-state index contributed by atoms with van der Waals surface area (Å²) in [5, 5.41) is 5.88. The van der Waals surface area contributed by atoms with Crippen LogP contribution in [0.2, 0.25) is 0 Å². The van der Waals surface area contributed by atoms with Gasteiger partial charge in [-0.3, -0.25) is 9.59 Å². The van der Waals surface area contributed by atoms with Crippen molar-refractivity contribution in [3.05, 3.63) is 53.6 Å². The summed E-state index contributed by atoms with van der Waals surface area (Å²) in [6.45, 7) is 6.16. The van der Waals surface area contributed by atoms with Crippen molar-refractivity contribution in [2.24, 2.45) is 5.41 Å². The van der Waals surface area contributed by atoms with Gasteiger partial charge in [-0.2, -0.15) is 0 Å². The summed E-state index contributed by atoms with van der Waals surface area (Å²) in [7, 11) is 0. The van der Waals surface area contributed by atoms with E-state index in [4.69, 9.17) is 0 Å². The lowest BCUT2D eigenvalue weighted by molar-refractivity contribution is -0.131. The molecule has 1 saturated carbocycles. The standard InChI is InChI=1S/C23H27N3O2/c1-16-5-10-20(17(2)15-16)25-22(28)23(11-12-23)21(27)24-18-6-8-19(9-7-18)26-13-3-4-14-26/h5-10,15H,3-4,11-14H2,1-2H3,(H,24,27)(H,25,28). The minimum atomic E-state index is -0.953. The third kappa shape index (κ3) is 3.61. The van der Waals surface area contributed by atoms with Gasteiger partial charge < -0.3 is 15.5 Å². The maximum atomic E-state index is 12.8. The van der Waals surface area contributed by atoms with Crippen LogP contribution >= 0.6 is 0 Å². The maximum Gasteiger partial charge on any atom is 0.240 e. The molecule has 5 heteroatoms. The third-order valence-corrected chi connectivity index (χ3v) is 5.85. The van der Waals surface area contributed by atoms with Gasteiger partial charge in [0.1, 0.15) is 5.41 Å². The summed E-state index contributed by atoms with van der Waals surface area (Å²) in [6.07, 6.45) is 3.63. The molecule has 2 N–H and O–H groups in total. The fourth-order valence-corrected chi connectivity index (χ4v) is 3.86. The number of benzene rings is 2. The predicted octanol–water partition coefficient (Wildman–Crippen LogP) is 4.26. The molecule has 2 aromatic carbocycles. The van der Waals surface area contributed by atoms with E-state index in [2.05, 4.69) is 15.5 Å². The highest BCUT2D eigenvalue weighted by Gasteiger charge is 2.56. The lowest BCUT2D eigenvalue weighted by Gasteiger charge is -2.19. The minimum absolute atomic E-state index is 0.217. The van der Waals surface area contributed by atoms with Crippen LogP contribution in [0.5, 0.6) is 0 Å². The molecule has 1 aliphatic heterocycles. The van der Waals surface area contributed by atoms with Crippen LogP contribution in [0.25, 0.3) is 0 Å². The molecular weight excluding hydrogens is 350 g/mol. The first kappa shape index (κ1) is 18.5. The SMILES string of the molecule is Cc1ccc(NC(=O)C2(C(=O)Nc3ccc(N4CCCC4)cc3)CC2)c(C)c1. The Labute approximate surface area is 166 Å². The van der Waals surface area contributed by atoms with Crippen molar-refractivity contribution in [3.63, 3.8) is 0 Å². The van der Waals surface area contributed by atoms with E-state index in [1.807, 2.05) is 56.3 Å². The smallest absolute Gasteiger partial charge is 0.240 e. The number of nitrogens with one attached hydrogen (secondary N) is 2. The number of anilines is 3. The van der Waals surface area contributed by atoms with Crippen molar-refractivity contribution in [2.45, 2.75) is 39.5 Å². The molecule has 0 aromatic heterocycles. The zero-order valence-corrected chi connectivity index (χ0v) is 16.5. The molecular formula is C23H27N3O2. The van der Waals surface area contributed by atoms with Crippen molar-refractivity contribution in [2.75, 3.05) is 28.6 Å². The molecule has 0 radical (unpaired) electrons. The lowest BCUT2D eigenvalue weighted by atomic mass is 10.0. The van der Waals surface area contributed by atoms with E-state index >= 15 is 0 Å². The van der Waals surface area contributed by atoms with E-state index in [0.717, 1.165) is 35.6 Å². The van der Waals surface area contributed by atoms with E-state index in [-0.39, 0.29) is 11.8 Å². The third-order valence-electron chi connectivity index (χ3n) is 5.85. The molecule has 2 aliphatic rings. The summed E-state index contributed by atoms with van der Waals surface area (Å²) in [4.78, 5) is 28.0. The molecule has 2 amide bonds. The maximum absolute atomic E-state index is 12.8. The number of amides is 2. The summed E-state index contributed by atoms with van der Waals surface area (Å²) in [5.41, 5.74) is 3.88. The van der Waals surface area contributed by atoms with Crippen LogP contribution in [0.1, 0.15) is 36.8 Å². The zero-order valence-electron chi connectivity index (χ0n) is 16.5. The summed E-state index contributed by atoms with van der Waals surface area (Å²) in [6, 6.07) is 13.8. The molecule has 146 valence electrons. The van der Waals surface area contributed by atoms with Crippen LogP contribution in [-0.2, 0) is 9.59 Å². The second-order valence-electron chi connectivity index (χ2n) is 8.05. The molecule has 28 heavy (non-hydrogen) atoms. The van der Waals surface area contributed by atoms with Gasteiger partial charge in [0.2, 0.25) is 11.8 Å². The molecule has 0 atom stereocenters. The Morgan fingerprint density at radius 3 is 2.14 bits per heavy atom. The quantitative estimate of drug-likeness (QED) is 0.766. The Morgan fingerprint density at radius 1 is 0.893 bits per heavy atom. The fourth-order valence-electron chi connectivity index (χ4n) is 3.86. The van der Waals surface area contributed by atoms with Gasteiger partial charge in [0.15, 0.2) is 0 Å². The van der Waals surface area contributed by atoms with Crippen LogP contribution in [0.15, 0.2) is 42.5 Å². The van der Waals surface area contributed by atoms with Crippen molar-refractivity contribution in [1.82, 2.24) is 0 Å². The molecule has 5 nitrogen and oxygen atoms in total. The van der Waals surface area contributed by atoms with E-state index < -0.39 is 5.41 Å². The Balaban J connectivity index is 1.41. The highest BCUT2D eigenvalue weighted by molar-refractivity contribution is 6.17. The summed E-state index contributed by atoms with van der Waals surface area (Å²) < 4.78 is 0. The Hall–Kier alpha value is -2.82. The van der Waals surface area contributed by atoms with Gasteiger partial charge in [-0.15, -0.1) is 0 Å². The summed E-state index contributed by atoms with van der Waals surface area (Å²) in [5.74, 6) is -0.436. The first-order chi connectivity index (χ1) is 13.5. The number of hydrogen-bond donors (Lipinski definition) is 2. The summed E-state index contributed by atoms with van der Waals surface area (Å²) >= 11 is 0. The molecule has 1 saturated heterocycles. The van der Waals surface area contributed by atoms with Crippen LogP contribution in [0.4, 0.5) is 17.1 Å². The number of aryl methyl sites for hydroxylation is 2. The Bertz CT molecular complexity index is 895. The highest BCUT2D eigenvalue weighted by atomic mass is 16.2. The first-order valence-electron chi connectivity index (χ1n) is 10.0. The molecule has 4 rings (SSSR count). The van der Waals surface area contributed by atoms with Crippen LogP contribution in [0.3, 0.4) is 0 Å². The van der Waals surface area contributed by atoms with Crippen LogP contribution < -0.4 is 15.5 Å². The number of rotatable bonds is 5. The van der Waals surface area contributed by atoms with Crippen LogP contribution in [-0.4, -0.2) is 24.9 Å². The van der Waals surface area contributed by atoms with E-state index in [1.54, 1.807) is 0 Å². The van der Waals surface area contributed by atoms with Gasteiger partial charge in [0.25, 0.3) is 0 Å². The molecule has 0 unspecified atom stereocenters. The minimum Gasteiger partial charge on any atom is -0.372 e. The van der Waals surface area contributed by atoms with Gasteiger partial charge in [0.05, 0.1) is 0 Å². The number of carbonyl (C=O) groups is 2. The molecule has 0 spiro atoms. The molecule has 1 heterocycles. The predicted molar refractivity (Wildman–Crippen MR) is 113 cm³/mol. The first-order valence-corrected chi connectivity index (χ1v) is 10.0. The largest absolute Gasteiger partial charge is 0.372 e. The zero-order chi connectivity index (χ0) is 19.7. The Kier molecular flexibility index (Phi) is 4.84. The van der Waals surface area contributed by atoms with Gasteiger partial charge in [0, 0.05) is 30.2 Å². The Morgan fingerprint density at radius 2 is 1.54 bits per heavy atom. The van der Waals surface area contributed by atoms with Crippen molar-refractivity contribution in [3.8, 4) is 0 Å². The fraction of sp³-hybridized carbons (Fsp3) is 0.391. The lowest BCUT2D eigenvalue weighted by Crippen LogP contribution is -2.35. The van der Waals surface area contributed by atoms with E-state index in [0.29, 0.717) is 12.8 Å². The van der Waals surface area contributed by atoms with Gasteiger partial charge in [-0.05, 0) is 75.4 Å². The molecule has 0 bridgehead atoms. The molecule has 2 aromatic rings. The van der Waals surface area contributed by atoms with E-state index in [1.165, 1.54) is 18.5 Å². The molecule has 1 aliphatic carbocycles.